The van der Waals surface area contributed by atoms with Crippen LogP contribution in [0.5, 0.6) is 0 Å². The van der Waals surface area contributed by atoms with Gasteiger partial charge in [0, 0.05) is 29.5 Å². The Balaban J connectivity index is 2.05. The fraction of sp³-hybridized carbons (Fsp3) is 1.00. The summed E-state index contributed by atoms with van der Waals surface area (Å²) in [6, 6.07) is 0. The molecular weight excluding hydrogens is 241 g/mol. The van der Waals surface area contributed by atoms with E-state index in [-0.39, 0.29) is 0 Å². The van der Waals surface area contributed by atoms with E-state index in [1.54, 1.807) is 0 Å². The van der Waals surface area contributed by atoms with Crippen molar-refractivity contribution in [2.45, 2.75) is 12.5 Å². The van der Waals surface area contributed by atoms with Gasteiger partial charge in [0.2, 0.25) is 0 Å². The molecule has 1 unspecified atom stereocenters. The van der Waals surface area contributed by atoms with E-state index >= 15 is 0 Å². The van der Waals surface area contributed by atoms with Crippen molar-refractivity contribution in [2.75, 3.05) is 24.1 Å². The quantitative estimate of drug-likeness (QED) is 0.551. The molecule has 3 heteroatoms. The van der Waals surface area contributed by atoms with Gasteiger partial charge < -0.3 is 10.1 Å². The van der Waals surface area contributed by atoms with Crippen LogP contribution in [-0.2, 0) is 4.74 Å². The molecule has 2 aliphatic heterocycles. The largest absolute Gasteiger partial charge is 0.377 e. The molecule has 1 N–H and O–H groups in total. The van der Waals surface area contributed by atoms with Crippen molar-refractivity contribution in [2.24, 2.45) is 5.41 Å². The van der Waals surface area contributed by atoms with Gasteiger partial charge in [-0.3, -0.25) is 0 Å². The molecule has 0 bridgehead atoms. The Kier molecular flexibility index (Phi) is 1.90. The van der Waals surface area contributed by atoms with Crippen LogP contribution < -0.4 is 5.32 Å². The van der Waals surface area contributed by atoms with E-state index in [0.29, 0.717) is 11.5 Å². The molecule has 0 radical (unpaired) electrons. The molecule has 2 nitrogen and oxygen atoms in total. The number of rotatable bonds is 1. The van der Waals surface area contributed by atoms with E-state index < -0.39 is 0 Å². The van der Waals surface area contributed by atoms with Crippen molar-refractivity contribution in [3.05, 3.63) is 0 Å². The minimum Gasteiger partial charge on any atom is -0.377 e. The van der Waals surface area contributed by atoms with Crippen LogP contribution in [0.4, 0.5) is 0 Å². The average molecular weight is 253 g/mol. The molecule has 0 aromatic carbocycles. The molecule has 2 fully saturated rings. The van der Waals surface area contributed by atoms with Gasteiger partial charge in [0.25, 0.3) is 0 Å². The van der Waals surface area contributed by atoms with Crippen LogP contribution in [0.25, 0.3) is 0 Å². The van der Waals surface area contributed by atoms with E-state index in [9.17, 15) is 0 Å². The van der Waals surface area contributed by atoms with Crippen LogP contribution in [0.3, 0.4) is 0 Å². The second kappa shape index (κ2) is 2.60. The number of hydrogen-bond acceptors (Lipinski definition) is 2. The van der Waals surface area contributed by atoms with Gasteiger partial charge in [-0.25, -0.2) is 0 Å². The van der Waals surface area contributed by atoms with Gasteiger partial charge >= 0.3 is 0 Å². The van der Waals surface area contributed by atoms with Crippen molar-refractivity contribution in [3.8, 4) is 0 Å². The highest BCUT2D eigenvalue weighted by Crippen LogP contribution is 2.39. The molecule has 2 rings (SSSR count). The Morgan fingerprint density at radius 1 is 1.60 bits per heavy atom. The maximum Gasteiger partial charge on any atom is 0.0745 e. The summed E-state index contributed by atoms with van der Waals surface area (Å²) in [6.07, 6.45) is 1.81. The molecule has 2 aliphatic rings. The molecule has 0 aliphatic carbocycles. The van der Waals surface area contributed by atoms with Gasteiger partial charge in [-0.1, -0.05) is 22.6 Å². The van der Waals surface area contributed by atoms with Crippen LogP contribution >= 0.6 is 22.6 Å². The molecule has 0 aromatic heterocycles. The van der Waals surface area contributed by atoms with Crippen LogP contribution in [0.2, 0.25) is 0 Å². The van der Waals surface area contributed by atoms with Gasteiger partial charge in [0.05, 0.1) is 6.10 Å². The third-order valence-corrected chi connectivity index (χ3v) is 3.50. The highest BCUT2D eigenvalue weighted by molar-refractivity contribution is 14.1. The first kappa shape index (κ1) is 7.31. The van der Waals surface area contributed by atoms with E-state index in [0.717, 1.165) is 11.0 Å². The van der Waals surface area contributed by atoms with E-state index in [2.05, 4.69) is 27.9 Å². The topological polar surface area (TPSA) is 21.3 Å². The summed E-state index contributed by atoms with van der Waals surface area (Å²) in [5, 5.41) is 3.32. The summed E-state index contributed by atoms with van der Waals surface area (Å²) in [4.78, 5) is 0. The lowest BCUT2D eigenvalue weighted by atomic mass is 9.76. The van der Waals surface area contributed by atoms with Crippen LogP contribution in [0.15, 0.2) is 0 Å². The maximum atomic E-state index is 5.61. The molecule has 58 valence electrons. The van der Waals surface area contributed by atoms with Gasteiger partial charge in [-0.2, -0.15) is 0 Å². The predicted octanol–water partition coefficient (Wildman–Crippen LogP) is 0.800. The Bertz CT molecular complexity index is 136. The zero-order valence-electron chi connectivity index (χ0n) is 5.90. The second-order valence-corrected chi connectivity index (χ2v) is 4.11. The lowest BCUT2D eigenvalue weighted by Crippen LogP contribution is -2.58. The molecule has 2 heterocycles. The molecule has 10 heavy (non-hydrogen) atoms. The molecule has 0 aromatic rings. The number of nitrogens with one attached hydrogen (secondary N) is 1. The van der Waals surface area contributed by atoms with Crippen molar-refractivity contribution in [3.63, 3.8) is 0 Å². The Morgan fingerprint density at radius 2 is 2.40 bits per heavy atom. The van der Waals surface area contributed by atoms with Gasteiger partial charge in [0.15, 0.2) is 0 Å². The Hall–Kier alpha value is 0.650. The minimum atomic E-state index is 0.536. The summed E-state index contributed by atoms with van der Waals surface area (Å²) in [5.41, 5.74) is 0.543. The highest BCUT2D eigenvalue weighted by Gasteiger charge is 2.47. The number of halogens is 1. The van der Waals surface area contributed by atoms with Gasteiger partial charge in [-0.15, -0.1) is 0 Å². The lowest BCUT2D eigenvalue weighted by Gasteiger charge is -2.42. The van der Waals surface area contributed by atoms with Crippen molar-refractivity contribution >= 4 is 22.6 Å². The molecular formula is C7H12INO. The highest BCUT2D eigenvalue weighted by atomic mass is 127. The molecule has 1 atom stereocenters. The summed E-state index contributed by atoms with van der Waals surface area (Å²) < 4.78 is 6.76. The van der Waals surface area contributed by atoms with Crippen molar-refractivity contribution in [1.82, 2.24) is 5.32 Å². The van der Waals surface area contributed by atoms with Crippen LogP contribution in [0, 0.1) is 5.41 Å². The third kappa shape index (κ3) is 0.905. The monoisotopic (exact) mass is 253 g/mol. The van der Waals surface area contributed by atoms with E-state index in [1.165, 1.54) is 19.5 Å². The fourth-order valence-electron chi connectivity index (χ4n) is 1.80. The molecule has 0 amide bonds. The lowest BCUT2D eigenvalue weighted by molar-refractivity contribution is 0.0391. The van der Waals surface area contributed by atoms with E-state index in [4.69, 9.17) is 4.74 Å². The third-order valence-electron chi connectivity index (χ3n) is 2.70. The normalized spacial score (nSPS) is 36.3. The molecule has 2 saturated heterocycles. The first-order valence-corrected chi connectivity index (χ1v) is 5.28. The predicted molar refractivity (Wildman–Crippen MR) is 48.5 cm³/mol. The number of hydrogen-bond donors (Lipinski definition) is 1. The standard InChI is InChI=1S/C7H12INO/c8-3-6-7(1-2-10-6)4-9-5-7/h6,9H,1-5H2. The van der Waals surface area contributed by atoms with E-state index in [1.807, 2.05) is 0 Å². The van der Waals surface area contributed by atoms with Gasteiger partial charge in [0.1, 0.15) is 0 Å². The van der Waals surface area contributed by atoms with Crippen LogP contribution in [0.1, 0.15) is 6.42 Å². The second-order valence-electron chi connectivity index (χ2n) is 3.23. The summed E-state index contributed by atoms with van der Waals surface area (Å²) in [6.45, 7) is 3.34. The average Bonchev–Trinajstić information content (AvgIpc) is 2.27. The maximum absolute atomic E-state index is 5.61. The zero-order valence-corrected chi connectivity index (χ0v) is 8.06. The fourth-order valence-corrected chi connectivity index (χ4v) is 2.99. The Labute approximate surface area is 74.8 Å². The first-order chi connectivity index (χ1) is 4.87. The summed E-state index contributed by atoms with van der Waals surface area (Å²) in [7, 11) is 0. The van der Waals surface area contributed by atoms with Crippen LogP contribution in [-0.4, -0.2) is 30.2 Å². The van der Waals surface area contributed by atoms with Gasteiger partial charge in [-0.05, 0) is 6.42 Å². The Morgan fingerprint density at radius 3 is 2.80 bits per heavy atom. The smallest absolute Gasteiger partial charge is 0.0745 e. The SMILES string of the molecule is ICC1OCCC12CNC2. The number of alkyl halides is 1. The molecule has 1 spiro atoms. The van der Waals surface area contributed by atoms with Crippen molar-refractivity contribution < 1.29 is 4.74 Å². The first-order valence-electron chi connectivity index (χ1n) is 3.76. The minimum absolute atomic E-state index is 0.536. The number of ether oxygens (including phenoxy) is 1. The summed E-state index contributed by atoms with van der Waals surface area (Å²) in [5.74, 6) is 0. The molecule has 0 saturated carbocycles. The van der Waals surface area contributed by atoms with Crippen molar-refractivity contribution in [1.29, 1.82) is 0 Å². The summed E-state index contributed by atoms with van der Waals surface area (Å²) >= 11 is 2.42. The zero-order chi connectivity index (χ0) is 7.03.